The smallest absolute Gasteiger partial charge is 0.345 e. The van der Waals surface area contributed by atoms with Crippen molar-refractivity contribution in [3.05, 3.63) is 60.7 Å². The summed E-state index contributed by atoms with van der Waals surface area (Å²) in [6, 6.07) is 12.6. The van der Waals surface area contributed by atoms with Crippen LogP contribution in [0.5, 0.6) is 0 Å². The summed E-state index contributed by atoms with van der Waals surface area (Å²) >= 11 is 0. The third-order valence-electron chi connectivity index (χ3n) is 2.65. The van der Waals surface area contributed by atoms with Crippen LogP contribution < -0.4 is 0 Å². The Morgan fingerprint density at radius 3 is 2.78 bits per heavy atom. The Kier molecular flexibility index (Phi) is 3.72. The standard InChI is InChI=1S/C15H13FO2/c1-2-10-18-15(17)14(16)13-9-5-7-11-6-3-4-8-12(11)13/h2-9,14H,1,10H2. The van der Waals surface area contributed by atoms with E-state index in [2.05, 4.69) is 6.58 Å². The summed E-state index contributed by atoms with van der Waals surface area (Å²) in [5, 5.41) is 1.62. The van der Waals surface area contributed by atoms with Crippen LogP contribution in [0.4, 0.5) is 4.39 Å². The Morgan fingerprint density at radius 1 is 1.28 bits per heavy atom. The van der Waals surface area contributed by atoms with Crippen LogP contribution in [0.1, 0.15) is 11.7 Å². The van der Waals surface area contributed by atoms with Crippen molar-refractivity contribution in [3.8, 4) is 0 Å². The quantitative estimate of drug-likeness (QED) is 0.607. The second kappa shape index (κ2) is 5.45. The molecule has 0 saturated heterocycles. The summed E-state index contributed by atoms with van der Waals surface area (Å²) in [5.41, 5.74) is 0.335. The fourth-order valence-electron chi connectivity index (χ4n) is 1.81. The highest BCUT2D eigenvalue weighted by Crippen LogP contribution is 2.27. The van der Waals surface area contributed by atoms with Crippen molar-refractivity contribution in [1.82, 2.24) is 0 Å². The monoisotopic (exact) mass is 244 g/mol. The van der Waals surface area contributed by atoms with Crippen molar-refractivity contribution in [3.63, 3.8) is 0 Å². The zero-order valence-corrected chi connectivity index (χ0v) is 9.80. The number of hydrogen-bond donors (Lipinski definition) is 0. The van der Waals surface area contributed by atoms with Gasteiger partial charge in [0.1, 0.15) is 6.61 Å². The molecular formula is C15H13FO2. The van der Waals surface area contributed by atoms with Gasteiger partial charge in [0.05, 0.1) is 0 Å². The van der Waals surface area contributed by atoms with E-state index in [0.29, 0.717) is 5.56 Å². The molecule has 0 spiro atoms. The molecule has 0 saturated carbocycles. The molecule has 0 radical (unpaired) electrons. The van der Waals surface area contributed by atoms with Gasteiger partial charge in [0.15, 0.2) is 0 Å². The molecule has 0 aliphatic heterocycles. The van der Waals surface area contributed by atoms with Crippen LogP contribution in [0.3, 0.4) is 0 Å². The van der Waals surface area contributed by atoms with Crippen molar-refractivity contribution in [2.24, 2.45) is 0 Å². The summed E-state index contributed by atoms with van der Waals surface area (Å²) in [6.07, 6.45) is -0.357. The zero-order valence-electron chi connectivity index (χ0n) is 9.80. The highest BCUT2D eigenvalue weighted by atomic mass is 19.1. The van der Waals surface area contributed by atoms with Gasteiger partial charge in [0.2, 0.25) is 6.17 Å². The Balaban J connectivity index is 2.35. The van der Waals surface area contributed by atoms with Crippen molar-refractivity contribution in [2.75, 3.05) is 6.61 Å². The molecule has 92 valence electrons. The van der Waals surface area contributed by atoms with E-state index in [4.69, 9.17) is 4.74 Å². The maximum atomic E-state index is 14.1. The van der Waals surface area contributed by atoms with Crippen LogP contribution in [0.25, 0.3) is 10.8 Å². The molecule has 2 nitrogen and oxygen atoms in total. The number of alkyl halides is 1. The number of rotatable bonds is 4. The minimum absolute atomic E-state index is 0.0179. The van der Waals surface area contributed by atoms with E-state index < -0.39 is 12.1 Å². The van der Waals surface area contributed by atoms with E-state index in [-0.39, 0.29) is 6.61 Å². The number of esters is 1. The highest BCUT2D eigenvalue weighted by Gasteiger charge is 2.22. The number of fused-ring (bicyclic) bond motifs is 1. The van der Waals surface area contributed by atoms with Crippen molar-refractivity contribution in [1.29, 1.82) is 0 Å². The Labute approximate surface area is 105 Å². The van der Waals surface area contributed by atoms with Gasteiger partial charge < -0.3 is 4.74 Å². The molecule has 0 aromatic heterocycles. The highest BCUT2D eigenvalue weighted by molar-refractivity contribution is 5.90. The van der Waals surface area contributed by atoms with Gasteiger partial charge >= 0.3 is 5.97 Å². The van der Waals surface area contributed by atoms with E-state index >= 15 is 0 Å². The molecule has 0 bridgehead atoms. The SMILES string of the molecule is C=CCOC(=O)C(F)c1cccc2ccccc12. The molecule has 0 aliphatic rings. The molecule has 1 atom stereocenters. The first-order valence-corrected chi connectivity index (χ1v) is 5.63. The summed E-state index contributed by atoms with van der Waals surface area (Å²) in [6.45, 7) is 3.43. The van der Waals surface area contributed by atoms with Crippen molar-refractivity contribution < 1.29 is 13.9 Å². The average molecular weight is 244 g/mol. The molecule has 0 amide bonds. The molecule has 3 heteroatoms. The number of carbonyl (C=O) groups excluding carboxylic acids is 1. The largest absolute Gasteiger partial charge is 0.459 e. The van der Waals surface area contributed by atoms with Crippen molar-refractivity contribution >= 4 is 16.7 Å². The van der Waals surface area contributed by atoms with E-state index in [9.17, 15) is 9.18 Å². The van der Waals surface area contributed by atoms with Crippen LogP contribution in [0.15, 0.2) is 55.1 Å². The average Bonchev–Trinajstić information content (AvgIpc) is 2.43. The first-order valence-electron chi connectivity index (χ1n) is 5.63. The Hall–Kier alpha value is -2.16. The van der Waals surface area contributed by atoms with Gasteiger partial charge in [-0.15, -0.1) is 0 Å². The van der Waals surface area contributed by atoms with E-state index in [0.717, 1.165) is 10.8 Å². The van der Waals surface area contributed by atoms with Crippen LogP contribution in [-0.2, 0) is 9.53 Å². The lowest BCUT2D eigenvalue weighted by Gasteiger charge is -2.10. The normalized spacial score (nSPS) is 12.1. The number of halogens is 1. The van der Waals surface area contributed by atoms with E-state index in [1.165, 1.54) is 6.08 Å². The fourth-order valence-corrected chi connectivity index (χ4v) is 1.81. The van der Waals surface area contributed by atoms with Gasteiger partial charge in [-0.3, -0.25) is 0 Å². The Bertz CT molecular complexity index is 572. The van der Waals surface area contributed by atoms with Gasteiger partial charge in [-0.1, -0.05) is 55.1 Å². The lowest BCUT2D eigenvalue weighted by Crippen LogP contribution is -2.12. The first kappa shape index (κ1) is 12.3. The molecular weight excluding hydrogens is 231 g/mol. The predicted octanol–water partition coefficient (Wildman–Crippen LogP) is 3.58. The van der Waals surface area contributed by atoms with E-state index in [1.54, 1.807) is 18.2 Å². The topological polar surface area (TPSA) is 26.3 Å². The first-order chi connectivity index (χ1) is 8.74. The van der Waals surface area contributed by atoms with Gasteiger partial charge in [0, 0.05) is 5.56 Å². The maximum Gasteiger partial charge on any atom is 0.345 e. The molecule has 0 fully saturated rings. The molecule has 18 heavy (non-hydrogen) atoms. The minimum Gasteiger partial charge on any atom is -0.459 e. The number of hydrogen-bond acceptors (Lipinski definition) is 2. The number of benzene rings is 2. The summed E-state index contributed by atoms with van der Waals surface area (Å²) in [4.78, 5) is 11.5. The second-order valence-corrected chi connectivity index (χ2v) is 3.85. The molecule has 0 heterocycles. The predicted molar refractivity (Wildman–Crippen MR) is 69.0 cm³/mol. The fraction of sp³-hybridized carbons (Fsp3) is 0.133. The van der Waals surface area contributed by atoms with Crippen LogP contribution in [-0.4, -0.2) is 12.6 Å². The summed E-state index contributed by atoms with van der Waals surface area (Å²) in [5.74, 6) is -0.883. The lowest BCUT2D eigenvalue weighted by atomic mass is 10.0. The minimum atomic E-state index is -1.77. The molecule has 2 rings (SSSR count). The molecule has 2 aromatic carbocycles. The zero-order chi connectivity index (χ0) is 13.0. The summed E-state index contributed by atoms with van der Waals surface area (Å²) < 4.78 is 18.8. The van der Waals surface area contributed by atoms with Gasteiger partial charge in [-0.25, -0.2) is 9.18 Å². The number of carbonyl (C=O) groups is 1. The molecule has 0 aliphatic carbocycles. The molecule has 0 N–H and O–H groups in total. The lowest BCUT2D eigenvalue weighted by molar-refractivity contribution is -0.148. The van der Waals surface area contributed by atoms with Gasteiger partial charge in [-0.2, -0.15) is 0 Å². The van der Waals surface area contributed by atoms with Crippen LogP contribution in [0.2, 0.25) is 0 Å². The van der Waals surface area contributed by atoms with Crippen LogP contribution >= 0.6 is 0 Å². The second-order valence-electron chi connectivity index (χ2n) is 3.85. The number of ether oxygens (including phenoxy) is 1. The van der Waals surface area contributed by atoms with Gasteiger partial charge in [-0.05, 0) is 10.8 Å². The molecule has 1 unspecified atom stereocenters. The summed E-state index contributed by atoms with van der Waals surface area (Å²) in [7, 11) is 0. The van der Waals surface area contributed by atoms with Crippen molar-refractivity contribution in [2.45, 2.75) is 6.17 Å². The van der Waals surface area contributed by atoms with Crippen LogP contribution in [0, 0.1) is 0 Å². The Morgan fingerprint density at radius 2 is 2.00 bits per heavy atom. The van der Waals surface area contributed by atoms with Gasteiger partial charge in [0.25, 0.3) is 0 Å². The third kappa shape index (κ3) is 2.40. The maximum absolute atomic E-state index is 14.1. The third-order valence-corrected chi connectivity index (χ3v) is 2.65. The van der Waals surface area contributed by atoms with E-state index in [1.807, 2.05) is 24.3 Å². The molecule has 2 aromatic rings.